The fourth-order valence-electron chi connectivity index (χ4n) is 1.33. The first-order chi connectivity index (χ1) is 7.54. The SMILES string of the molecule is Cc1ccc(SC(C)CCO)c([N+](=O)[O-])c1. The molecule has 5 heteroatoms. The Kier molecular flexibility index (Phi) is 4.76. The summed E-state index contributed by atoms with van der Waals surface area (Å²) in [4.78, 5) is 11.2. The molecule has 4 nitrogen and oxygen atoms in total. The molecule has 1 rings (SSSR count). The van der Waals surface area contributed by atoms with Crippen LogP contribution in [-0.2, 0) is 0 Å². The molecule has 1 aromatic rings. The van der Waals surface area contributed by atoms with E-state index in [4.69, 9.17) is 5.11 Å². The van der Waals surface area contributed by atoms with Gasteiger partial charge >= 0.3 is 0 Å². The van der Waals surface area contributed by atoms with Crippen LogP contribution in [0.25, 0.3) is 0 Å². The lowest BCUT2D eigenvalue weighted by Gasteiger charge is -2.09. The summed E-state index contributed by atoms with van der Waals surface area (Å²) in [6.07, 6.45) is 0.635. The summed E-state index contributed by atoms with van der Waals surface area (Å²) in [5.74, 6) is 0. The Morgan fingerprint density at radius 2 is 2.25 bits per heavy atom. The molecule has 0 heterocycles. The Morgan fingerprint density at radius 1 is 1.56 bits per heavy atom. The number of rotatable bonds is 5. The van der Waals surface area contributed by atoms with Gasteiger partial charge in [0.15, 0.2) is 0 Å². The van der Waals surface area contributed by atoms with Crippen molar-refractivity contribution >= 4 is 17.4 Å². The standard InChI is InChI=1S/C11H15NO3S/c1-8-3-4-11(10(7-8)12(14)15)16-9(2)5-6-13/h3-4,7,9,13H,5-6H2,1-2H3. The zero-order chi connectivity index (χ0) is 12.1. The lowest BCUT2D eigenvalue weighted by molar-refractivity contribution is -0.387. The molecular weight excluding hydrogens is 226 g/mol. The number of hydrogen-bond donors (Lipinski definition) is 1. The molecular formula is C11H15NO3S. The van der Waals surface area contributed by atoms with Crippen LogP contribution in [0.1, 0.15) is 18.9 Å². The van der Waals surface area contributed by atoms with Crippen molar-refractivity contribution in [3.8, 4) is 0 Å². The van der Waals surface area contributed by atoms with E-state index in [1.165, 1.54) is 11.8 Å². The number of nitrogens with zero attached hydrogens (tertiary/aromatic N) is 1. The molecule has 1 atom stereocenters. The van der Waals surface area contributed by atoms with Gasteiger partial charge in [-0.25, -0.2) is 0 Å². The van der Waals surface area contributed by atoms with Gasteiger partial charge in [0.1, 0.15) is 0 Å². The second kappa shape index (κ2) is 5.86. The zero-order valence-corrected chi connectivity index (χ0v) is 10.2. The quantitative estimate of drug-likeness (QED) is 0.489. The highest BCUT2D eigenvalue weighted by Gasteiger charge is 2.16. The van der Waals surface area contributed by atoms with Crippen molar-refractivity contribution < 1.29 is 10.0 Å². The number of nitro benzene ring substituents is 1. The summed E-state index contributed by atoms with van der Waals surface area (Å²) in [5, 5.41) is 19.8. The van der Waals surface area contributed by atoms with E-state index in [1.54, 1.807) is 12.1 Å². The maximum absolute atomic E-state index is 10.9. The summed E-state index contributed by atoms with van der Waals surface area (Å²) in [5.41, 5.74) is 1.03. The van der Waals surface area contributed by atoms with Gasteiger partial charge in [0.05, 0.1) is 9.82 Å². The van der Waals surface area contributed by atoms with E-state index in [1.807, 2.05) is 19.9 Å². The minimum absolute atomic E-state index is 0.105. The van der Waals surface area contributed by atoms with Crippen molar-refractivity contribution in [2.75, 3.05) is 6.61 Å². The lowest BCUT2D eigenvalue weighted by atomic mass is 10.2. The number of nitro groups is 1. The van der Waals surface area contributed by atoms with Crippen LogP contribution in [0.3, 0.4) is 0 Å². The third kappa shape index (κ3) is 3.50. The molecule has 88 valence electrons. The summed E-state index contributed by atoms with van der Waals surface area (Å²) in [7, 11) is 0. The van der Waals surface area contributed by atoms with E-state index in [0.717, 1.165) is 5.56 Å². The number of thioether (sulfide) groups is 1. The van der Waals surface area contributed by atoms with Crippen LogP contribution in [0, 0.1) is 17.0 Å². The van der Waals surface area contributed by atoms with Gasteiger partial charge < -0.3 is 5.11 Å². The van der Waals surface area contributed by atoms with Crippen LogP contribution in [0.15, 0.2) is 23.1 Å². The minimum atomic E-state index is -0.360. The van der Waals surface area contributed by atoms with Crippen molar-refractivity contribution in [1.29, 1.82) is 0 Å². The number of hydrogen-bond acceptors (Lipinski definition) is 4. The Labute approximate surface area is 98.8 Å². The smallest absolute Gasteiger partial charge is 0.283 e. The third-order valence-corrected chi connectivity index (χ3v) is 3.41. The van der Waals surface area contributed by atoms with Gasteiger partial charge in [-0.15, -0.1) is 11.8 Å². The molecule has 0 saturated carbocycles. The first-order valence-electron chi connectivity index (χ1n) is 5.07. The van der Waals surface area contributed by atoms with E-state index in [2.05, 4.69) is 0 Å². The number of aliphatic hydroxyl groups excluding tert-OH is 1. The van der Waals surface area contributed by atoms with Crippen LogP contribution in [0.5, 0.6) is 0 Å². The first-order valence-corrected chi connectivity index (χ1v) is 5.95. The molecule has 1 unspecified atom stereocenters. The Balaban J connectivity index is 2.90. The van der Waals surface area contributed by atoms with Crippen LogP contribution in [0.4, 0.5) is 5.69 Å². The van der Waals surface area contributed by atoms with Crippen molar-refractivity contribution in [2.24, 2.45) is 0 Å². The van der Waals surface area contributed by atoms with Crippen molar-refractivity contribution in [3.63, 3.8) is 0 Å². The molecule has 0 spiro atoms. The van der Waals surface area contributed by atoms with Crippen LogP contribution >= 0.6 is 11.8 Å². The molecule has 1 aromatic carbocycles. The predicted octanol–water partition coefficient (Wildman–Crippen LogP) is 2.77. The van der Waals surface area contributed by atoms with Gasteiger partial charge in [-0.05, 0) is 25.0 Å². The van der Waals surface area contributed by atoms with Crippen LogP contribution in [0.2, 0.25) is 0 Å². The largest absolute Gasteiger partial charge is 0.396 e. The average molecular weight is 241 g/mol. The Morgan fingerprint density at radius 3 is 2.81 bits per heavy atom. The Hall–Kier alpha value is -1.07. The fourth-order valence-corrected chi connectivity index (χ4v) is 2.38. The predicted molar refractivity (Wildman–Crippen MR) is 64.9 cm³/mol. The van der Waals surface area contributed by atoms with Crippen LogP contribution in [-0.4, -0.2) is 21.9 Å². The van der Waals surface area contributed by atoms with Gasteiger partial charge in [-0.1, -0.05) is 13.0 Å². The molecule has 1 N–H and O–H groups in total. The Bertz CT molecular complexity index is 381. The molecule has 0 aromatic heterocycles. The molecule has 16 heavy (non-hydrogen) atoms. The molecule has 0 radical (unpaired) electrons. The normalized spacial score (nSPS) is 12.4. The molecule has 0 aliphatic heterocycles. The highest BCUT2D eigenvalue weighted by Crippen LogP contribution is 2.33. The summed E-state index contributed by atoms with van der Waals surface area (Å²) in [6.45, 7) is 3.89. The maximum Gasteiger partial charge on any atom is 0.283 e. The lowest BCUT2D eigenvalue weighted by Crippen LogP contribution is -2.00. The van der Waals surface area contributed by atoms with Gasteiger partial charge in [0.25, 0.3) is 5.69 Å². The highest BCUT2D eigenvalue weighted by atomic mass is 32.2. The highest BCUT2D eigenvalue weighted by molar-refractivity contribution is 8.00. The van der Waals surface area contributed by atoms with Crippen molar-refractivity contribution in [1.82, 2.24) is 0 Å². The van der Waals surface area contributed by atoms with Gasteiger partial charge in [-0.2, -0.15) is 0 Å². The van der Waals surface area contributed by atoms with E-state index in [9.17, 15) is 10.1 Å². The second-order valence-electron chi connectivity index (χ2n) is 3.67. The van der Waals surface area contributed by atoms with Crippen molar-refractivity contribution in [3.05, 3.63) is 33.9 Å². The number of aryl methyl sites for hydroxylation is 1. The minimum Gasteiger partial charge on any atom is -0.396 e. The summed E-state index contributed by atoms with van der Waals surface area (Å²) < 4.78 is 0. The van der Waals surface area contributed by atoms with Gasteiger partial charge in [-0.3, -0.25) is 10.1 Å². The van der Waals surface area contributed by atoms with E-state index in [0.29, 0.717) is 11.3 Å². The zero-order valence-electron chi connectivity index (χ0n) is 9.34. The monoisotopic (exact) mass is 241 g/mol. The third-order valence-electron chi connectivity index (χ3n) is 2.17. The fraction of sp³-hybridized carbons (Fsp3) is 0.455. The van der Waals surface area contributed by atoms with E-state index < -0.39 is 0 Å². The number of aliphatic hydroxyl groups is 1. The average Bonchev–Trinajstić information content (AvgIpc) is 2.20. The van der Waals surface area contributed by atoms with Gasteiger partial charge in [0.2, 0.25) is 0 Å². The molecule has 0 aliphatic rings. The van der Waals surface area contributed by atoms with Gasteiger partial charge in [0, 0.05) is 17.9 Å². The number of benzene rings is 1. The van der Waals surface area contributed by atoms with E-state index in [-0.39, 0.29) is 22.5 Å². The topological polar surface area (TPSA) is 63.4 Å². The molecule has 0 fully saturated rings. The summed E-state index contributed by atoms with van der Waals surface area (Å²) in [6, 6.07) is 5.21. The van der Waals surface area contributed by atoms with Crippen LogP contribution < -0.4 is 0 Å². The molecule has 0 aliphatic carbocycles. The molecule has 0 amide bonds. The summed E-state index contributed by atoms with van der Waals surface area (Å²) >= 11 is 1.43. The molecule has 0 bridgehead atoms. The van der Waals surface area contributed by atoms with Crippen molar-refractivity contribution in [2.45, 2.75) is 30.4 Å². The second-order valence-corrected chi connectivity index (χ2v) is 5.15. The maximum atomic E-state index is 10.9. The first kappa shape index (κ1) is 13.0. The molecule has 0 saturated heterocycles. The van der Waals surface area contributed by atoms with E-state index >= 15 is 0 Å².